The van der Waals surface area contributed by atoms with Crippen molar-refractivity contribution in [2.24, 2.45) is 0 Å². The number of halogens is 2. The Morgan fingerprint density at radius 3 is 2.52 bits per heavy atom. The molecule has 0 saturated heterocycles. The first-order valence-corrected chi connectivity index (χ1v) is 7.90. The van der Waals surface area contributed by atoms with Crippen LogP contribution in [-0.4, -0.2) is 21.5 Å². The van der Waals surface area contributed by atoms with Gasteiger partial charge in [-0.1, -0.05) is 12.1 Å². The summed E-state index contributed by atoms with van der Waals surface area (Å²) in [4.78, 5) is 11.4. The van der Waals surface area contributed by atoms with E-state index >= 15 is 0 Å². The lowest BCUT2D eigenvalue weighted by atomic mass is 10.1. The third kappa shape index (κ3) is 3.48. The molecule has 0 aromatic heterocycles. The Balaban J connectivity index is 2.55. The van der Waals surface area contributed by atoms with E-state index in [2.05, 4.69) is 4.74 Å². The van der Waals surface area contributed by atoms with Crippen molar-refractivity contribution in [2.45, 2.75) is 11.8 Å². The van der Waals surface area contributed by atoms with Gasteiger partial charge >= 0.3 is 5.97 Å². The van der Waals surface area contributed by atoms with Crippen LogP contribution in [-0.2, 0) is 14.8 Å². The summed E-state index contributed by atoms with van der Waals surface area (Å²) in [6.07, 6.45) is 0. The minimum absolute atomic E-state index is 0.167. The van der Waals surface area contributed by atoms with Crippen molar-refractivity contribution < 1.29 is 26.7 Å². The van der Waals surface area contributed by atoms with Gasteiger partial charge in [-0.3, -0.25) is 4.72 Å². The highest BCUT2D eigenvalue weighted by Gasteiger charge is 2.25. The molecule has 5 nitrogen and oxygen atoms in total. The molecule has 0 bridgehead atoms. The molecule has 2 rings (SSSR count). The standard InChI is InChI=1S/C15H13F2NO4S/c1-9-4-3-5-13(14(9)15(19)22-2)23(20,21)18-12-8-10(16)6-7-11(12)17/h3-8,18H,1-2H3. The highest BCUT2D eigenvalue weighted by molar-refractivity contribution is 7.92. The molecule has 0 atom stereocenters. The first kappa shape index (κ1) is 16.9. The Morgan fingerprint density at radius 1 is 1.17 bits per heavy atom. The predicted molar refractivity (Wildman–Crippen MR) is 79.7 cm³/mol. The number of sulfonamides is 1. The number of methoxy groups -OCH3 is 1. The number of ether oxygens (including phenoxy) is 1. The number of hydrogen-bond donors (Lipinski definition) is 1. The highest BCUT2D eigenvalue weighted by Crippen LogP contribution is 2.24. The predicted octanol–water partition coefficient (Wildman–Crippen LogP) is 2.86. The molecule has 23 heavy (non-hydrogen) atoms. The lowest BCUT2D eigenvalue weighted by molar-refractivity contribution is 0.0595. The number of esters is 1. The van der Waals surface area contributed by atoms with Crippen LogP contribution in [0, 0.1) is 18.6 Å². The van der Waals surface area contributed by atoms with Gasteiger partial charge in [0.2, 0.25) is 0 Å². The maximum Gasteiger partial charge on any atom is 0.339 e. The Bertz CT molecular complexity index is 866. The zero-order chi connectivity index (χ0) is 17.2. The Hall–Kier alpha value is -2.48. The van der Waals surface area contributed by atoms with Crippen LogP contribution in [0.2, 0.25) is 0 Å². The Kier molecular flexibility index (Phi) is 4.65. The first-order chi connectivity index (χ1) is 10.8. The molecular formula is C15H13F2NO4S. The van der Waals surface area contributed by atoms with Crippen LogP contribution >= 0.6 is 0 Å². The summed E-state index contributed by atoms with van der Waals surface area (Å²) in [6.45, 7) is 1.54. The van der Waals surface area contributed by atoms with Crippen LogP contribution in [0.4, 0.5) is 14.5 Å². The molecule has 0 heterocycles. The van der Waals surface area contributed by atoms with Crippen molar-refractivity contribution in [3.63, 3.8) is 0 Å². The van der Waals surface area contributed by atoms with E-state index in [4.69, 9.17) is 0 Å². The van der Waals surface area contributed by atoms with E-state index < -0.39 is 33.3 Å². The molecule has 0 amide bonds. The fourth-order valence-electron chi connectivity index (χ4n) is 2.00. The van der Waals surface area contributed by atoms with Gasteiger partial charge in [-0.2, -0.15) is 0 Å². The fourth-order valence-corrected chi connectivity index (χ4v) is 3.33. The van der Waals surface area contributed by atoms with Gasteiger partial charge in [0.25, 0.3) is 10.0 Å². The molecule has 2 aromatic rings. The molecule has 0 spiro atoms. The largest absolute Gasteiger partial charge is 0.465 e. The van der Waals surface area contributed by atoms with Crippen molar-refractivity contribution in [3.8, 4) is 0 Å². The summed E-state index contributed by atoms with van der Waals surface area (Å²) in [5, 5.41) is 0. The van der Waals surface area contributed by atoms with Gasteiger partial charge in [0, 0.05) is 6.07 Å². The van der Waals surface area contributed by atoms with Crippen molar-refractivity contribution in [1.82, 2.24) is 0 Å². The number of aryl methyl sites for hydroxylation is 1. The molecule has 0 aliphatic carbocycles. The van der Waals surface area contributed by atoms with Crippen LogP contribution in [0.25, 0.3) is 0 Å². The molecule has 122 valence electrons. The van der Waals surface area contributed by atoms with Crippen LogP contribution < -0.4 is 4.72 Å². The van der Waals surface area contributed by atoms with Gasteiger partial charge in [-0.25, -0.2) is 22.0 Å². The number of carbonyl (C=O) groups excluding carboxylic acids is 1. The van der Waals surface area contributed by atoms with Gasteiger partial charge in [-0.05, 0) is 30.7 Å². The van der Waals surface area contributed by atoms with Crippen molar-refractivity contribution in [3.05, 3.63) is 59.2 Å². The molecule has 0 aliphatic rings. The van der Waals surface area contributed by atoms with Crippen LogP contribution in [0.15, 0.2) is 41.3 Å². The molecule has 2 aromatic carbocycles. The Labute approximate surface area is 132 Å². The molecule has 0 saturated carbocycles. The summed E-state index contributed by atoms with van der Waals surface area (Å²) >= 11 is 0. The number of nitrogens with one attached hydrogen (secondary N) is 1. The third-order valence-corrected chi connectivity index (χ3v) is 4.49. The van der Waals surface area contributed by atoms with E-state index in [1.165, 1.54) is 25.1 Å². The van der Waals surface area contributed by atoms with E-state index in [0.29, 0.717) is 11.6 Å². The fraction of sp³-hybridized carbons (Fsp3) is 0.133. The minimum atomic E-state index is -4.32. The summed E-state index contributed by atoms with van der Waals surface area (Å²) in [5.74, 6) is -2.59. The van der Waals surface area contributed by atoms with Crippen LogP contribution in [0.1, 0.15) is 15.9 Å². The van der Waals surface area contributed by atoms with Crippen LogP contribution in [0.5, 0.6) is 0 Å². The van der Waals surface area contributed by atoms with Gasteiger partial charge in [0.05, 0.1) is 18.4 Å². The lowest BCUT2D eigenvalue weighted by Gasteiger charge is -2.13. The van der Waals surface area contributed by atoms with Crippen LogP contribution in [0.3, 0.4) is 0 Å². The maximum absolute atomic E-state index is 13.6. The quantitative estimate of drug-likeness (QED) is 0.868. The molecule has 0 fully saturated rings. The average molecular weight is 341 g/mol. The van der Waals surface area contributed by atoms with Gasteiger partial charge in [0.15, 0.2) is 0 Å². The van der Waals surface area contributed by atoms with Crippen molar-refractivity contribution in [1.29, 1.82) is 0 Å². The number of rotatable bonds is 4. The number of anilines is 1. The molecule has 0 aliphatic heterocycles. The Morgan fingerprint density at radius 2 is 1.87 bits per heavy atom. The van der Waals surface area contributed by atoms with Crippen molar-refractivity contribution >= 4 is 21.7 Å². The topological polar surface area (TPSA) is 72.5 Å². The third-order valence-electron chi connectivity index (χ3n) is 3.09. The number of hydrogen-bond acceptors (Lipinski definition) is 4. The van der Waals surface area contributed by atoms with E-state index in [0.717, 1.165) is 19.2 Å². The molecule has 8 heteroatoms. The molecular weight excluding hydrogens is 328 g/mol. The highest BCUT2D eigenvalue weighted by atomic mass is 32.2. The van der Waals surface area contributed by atoms with Crippen molar-refractivity contribution in [2.75, 3.05) is 11.8 Å². The van der Waals surface area contributed by atoms with Gasteiger partial charge in [-0.15, -0.1) is 0 Å². The van der Waals surface area contributed by atoms with Gasteiger partial charge in [0.1, 0.15) is 16.5 Å². The average Bonchev–Trinajstić information content (AvgIpc) is 2.49. The SMILES string of the molecule is COC(=O)c1c(C)cccc1S(=O)(=O)Nc1cc(F)ccc1F. The summed E-state index contributed by atoms with van der Waals surface area (Å²) < 4.78 is 58.2. The van der Waals surface area contributed by atoms with E-state index in [1.54, 1.807) is 0 Å². The smallest absolute Gasteiger partial charge is 0.339 e. The summed E-state index contributed by atoms with van der Waals surface area (Å²) in [7, 11) is -3.20. The summed E-state index contributed by atoms with van der Waals surface area (Å²) in [5.41, 5.74) is -0.346. The molecule has 1 N–H and O–H groups in total. The second-order valence-electron chi connectivity index (χ2n) is 4.67. The van der Waals surface area contributed by atoms with Gasteiger partial charge < -0.3 is 4.74 Å². The van der Waals surface area contributed by atoms with E-state index in [1.807, 2.05) is 4.72 Å². The number of benzene rings is 2. The monoisotopic (exact) mass is 341 g/mol. The van der Waals surface area contributed by atoms with E-state index in [9.17, 15) is 22.0 Å². The summed E-state index contributed by atoms with van der Waals surface area (Å²) in [6, 6.07) is 6.51. The van der Waals surface area contributed by atoms with E-state index in [-0.39, 0.29) is 10.5 Å². The second-order valence-corrected chi connectivity index (χ2v) is 6.32. The zero-order valence-electron chi connectivity index (χ0n) is 12.3. The number of carbonyl (C=O) groups is 1. The zero-order valence-corrected chi connectivity index (χ0v) is 13.1. The normalized spacial score (nSPS) is 11.1. The lowest BCUT2D eigenvalue weighted by Crippen LogP contribution is -2.19. The maximum atomic E-state index is 13.6. The minimum Gasteiger partial charge on any atom is -0.465 e. The molecule has 0 unspecified atom stereocenters. The second kappa shape index (κ2) is 6.33. The molecule has 0 radical (unpaired) electrons. The first-order valence-electron chi connectivity index (χ1n) is 6.42.